The Morgan fingerprint density at radius 1 is 1.24 bits per heavy atom. The number of benzene rings is 1. The summed E-state index contributed by atoms with van der Waals surface area (Å²) in [6, 6.07) is 6.35. The first-order chi connectivity index (χ1) is 10.0. The van der Waals surface area contributed by atoms with Gasteiger partial charge in [-0.1, -0.05) is 36.5 Å². The molecule has 21 heavy (non-hydrogen) atoms. The van der Waals surface area contributed by atoms with Crippen LogP contribution in [0.3, 0.4) is 0 Å². The SMILES string of the molecule is NCC(=O)N1CC[CH]CC1C(=O)c1ccc(C(N)=S)cc1. The molecule has 1 saturated heterocycles. The summed E-state index contributed by atoms with van der Waals surface area (Å²) in [5.74, 6) is -0.275. The monoisotopic (exact) mass is 304 g/mol. The summed E-state index contributed by atoms with van der Waals surface area (Å²) < 4.78 is 0. The number of hydrogen-bond donors (Lipinski definition) is 2. The molecule has 5 nitrogen and oxygen atoms in total. The van der Waals surface area contributed by atoms with Gasteiger partial charge in [0.05, 0.1) is 12.6 Å². The Bertz CT molecular complexity index is 557. The van der Waals surface area contributed by atoms with Gasteiger partial charge in [0.1, 0.15) is 4.99 Å². The lowest BCUT2D eigenvalue weighted by Gasteiger charge is -2.34. The number of nitrogens with zero attached hydrogens (tertiary/aromatic N) is 1. The van der Waals surface area contributed by atoms with E-state index in [0.717, 1.165) is 6.42 Å². The third-order valence-electron chi connectivity index (χ3n) is 3.59. The molecule has 1 aromatic carbocycles. The van der Waals surface area contributed by atoms with Crippen molar-refractivity contribution in [3.8, 4) is 0 Å². The van der Waals surface area contributed by atoms with E-state index in [0.29, 0.717) is 29.1 Å². The fourth-order valence-electron chi connectivity index (χ4n) is 2.44. The number of carbonyl (C=O) groups is 2. The van der Waals surface area contributed by atoms with E-state index in [1.165, 1.54) is 0 Å². The van der Waals surface area contributed by atoms with Crippen molar-refractivity contribution in [2.75, 3.05) is 13.1 Å². The lowest BCUT2D eigenvalue weighted by atomic mass is 9.94. The summed E-state index contributed by atoms with van der Waals surface area (Å²) in [4.78, 5) is 26.3. The number of amides is 1. The maximum Gasteiger partial charge on any atom is 0.236 e. The Labute approximate surface area is 129 Å². The van der Waals surface area contributed by atoms with Crippen molar-refractivity contribution in [1.29, 1.82) is 0 Å². The second-order valence-corrected chi connectivity index (χ2v) is 5.37. The Morgan fingerprint density at radius 2 is 1.86 bits per heavy atom. The smallest absolute Gasteiger partial charge is 0.236 e. The third-order valence-corrected chi connectivity index (χ3v) is 3.83. The molecule has 1 aliphatic heterocycles. The van der Waals surface area contributed by atoms with Crippen molar-refractivity contribution in [3.05, 3.63) is 41.8 Å². The van der Waals surface area contributed by atoms with Crippen LogP contribution in [0.2, 0.25) is 0 Å². The average molecular weight is 304 g/mol. The van der Waals surface area contributed by atoms with Gasteiger partial charge in [-0.3, -0.25) is 9.59 Å². The molecule has 111 valence electrons. The number of hydrogen-bond acceptors (Lipinski definition) is 4. The number of likely N-dealkylation sites (tertiary alicyclic amines) is 1. The van der Waals surface area contributed by atoms with E-state index in [4.69, 9.17) is 23.7 Å². The van der Waals surface area contributed by atoms with Crippen molar-refractivity contribution in [3.63, 3.8) is 0 Å². The highest BCUT2D eigenvalue weighted by Crippen LogP contribution is 2.20. The number of nitrogens with two attached hydrogens (primary N) is 2. The first-order valence-corrected chi connectivity index (χ1v) is 7.20. The first-order valence-electron chi connectivity index (χ1n) is 6.80. The summed E-state index contributed by atoms with van der Waals surface area (Å²) in [5.41, 5.74) is 12.2. The normalized spacial score (nSPS) is 18.3. The molecule has 0 saturated carbocycles. The Hall–Kier alpha value is -1.79. The maximum absolute atomic E-state index is 12.6. The number of ketones is 1. The second-order valence-electron chi connectivity index (χ2n) is 4.93. The van der Waals surface area contributed by atoms with Crippen molar-refractivity contribution < 1.29 is 9.59 Å². The molecule has 1 heterocycles. The zero-order chi connectivity index (χ0) is 15.4. The minimum Gasteiger partial charge on any atom is -0.389 e. The van der Waals surface area contributed by atoms with Gasteiger partial charge in [-0.05, 0) is 19.3 Å². The van der Waals surface area contributed by atoms with Gasteiger partial charge in [-0.2, -0.15) is 0 Å². The minimum atomic E-state index is -0.467. The molecule has 6 heteroatoms. The lowest BCUT2D eigenvalue weighted by molar-refractivity contribution is -0.131. The van der Waals surface area contributed by atoms with Gasteiger partial charge in [0.25, 0.3) is 0 Å². The number of thiocarbonyl (C=S) groups is 1. The summed E-state index contributed by atoms with van der Waals surface area (Å²) >= 11 is 4.89. The number of Topliss-reactive ketones (excluding diaryl/α,β-unsaturated/α-hetero) is 1. The summed E-state index contributed by atoms with van der Waals surface area (Å²) in [6.07, 6.45) is 3.38. The van der Waals surface area contributed by atoms with Gasteiger partial charge in [-0.25, -0.2) is 0 Å². The molecule has 0 spiro atoms. The van der Waals surface area contributed by atoms with Gasteiger partial charge >= 0.3 is 0 Å². The molecule has 0 bridgehead atoms. The van der Waals surface area contributed by atoms with Crippen molar-refractivity contribution in [1.82, 2.24) is 4.90 Å². The van der Waals surface area contributed by atoms with Gasteiger partial charge in [0.15, 0.2) is 5.78 Å². The fourth-order valence-corrected chi connectivity index (χ4v) is 2.58. The Morgan fingerprint density at radius 3 is 2.43 bits per heavy atom. The molecule has 1 aliphatic rings. The molecule has 1 atom stereocenters. The van der Waals surface area contributed by atoms with E-state index < -0.39 is 6.04 Å². The van der Waals surface area contributed by atoms with Crippen molar-refractivity contribution in [2.45, 2.75) is 18.9 Å². The van der Waals surface area contributed by atoms with E-state index in [1.54, 1.807) is 29.2 Å². The van der Waals surface area contributed by atoms with Crippen LogP contribution >= 0.6 is 12.2 Å². The molecule has 1 amide bonds. The van der Waals surface area contributed by atoms with Gasteiger partial charge in [0.2, 0.25) is 5.91 Å². The zero-order valence-corrected chi connectivity index (χ0v) is 12.4. The topological polar surface area (TPSA) is 89.4 Å². The van der Waals surface area contributed by atoms with Crippen LogP contribution in [0.1, 0.15) is 28.8 Å². The van der Waals surface area contributed by atoms with Crippen LogP contribution < -0.4 is 11.5 Å². The summed E-state index contributed by atoms with van der Waals surface area (Å²) in [5, 5.41) is 0. The molecule has 1 aromatic rings. The summed E-state index contributed by atoms with van der Waals surface area (Å²) in [6.45, 7) is 0.460. The first kappa shape index (κ1) is 15.6. The van der Waals surface area contributed by atoms with E-state index in [1.807, 2.05) is 6.42 Å². The molecule has 1 unspecified atom stereocenters. The highest BCUT2D eigenvalue weighted by molar-refractivity contribution is 7.80. The van der Waals surface area contributed by atoms with Crippen LogP contribution in [0.5, 0.6) is 0 Å². The number of piperidine rings is 1. The van der Waals surface area contributed by atoms with Gasteiger partial charge in [0, 0.05) is 17.7 Å². The number of rotatable bonds is 4. The second kappa shape index (κ2) is 6.78. The molecule has 2 rings (SSSR count). The number of carbonyl (C=O) groups excluding carboxylic acids is 2. The fraction of sp³-hybridized carbons (Fsp3) is 0.333. The van der Waals surface area contributed by atoms with Gasteiger partial charge in [-0.15, -0.1) is 0 Å². The van der Waals surface area contributed by atoms with Crippen LogP contribution in [-0.4, -0.2) is 40.7 Å². The van der Waals surface area contributed by atoms with Crippen molar-refractivity contribution in [2.24, 2.45) is 11.5 Å². The predicted octanol–water partition coefficient (Wildman–Crippen LogP) is 0.657. The van der Waals surface area contributed by atoms with Crippen LogP contribution in [0.15, 0.2) is 24.3 Å². The third kappa shape index (κ3) is 3.46. The van der Waals surface area contributed by atoms with Crippen LogP contribution in [0, 0.1) is 6.42 Å². The Kier molecular flexibility index (Phi) is 5.03. The molecule has 0 aliphatic carbocycles. The van der Waals surface area contributed by atoms with E-state index in [9.17, 15) is 9.59 Å². The van der Waals surface area contributed by atoms with E-state index in [-0.39, 0.29) is 18.2 Å². The van der Waals surface area contributed by atoms with Crippen LogP contribution in [-0.2, 0) is 4.79 Å². The Balaban J connectivity index is 2.20. The zero-order valence-electron chi connectivity index (χ0n) is 11.6. The lowest BCUT2D eigenvalue weighted by Crippen LogP contribution is -2.50. The van der Waals surface area contributed by atoms with Gasteiger partial charge < -0.3 is 16.4 Å². The van der Waals surface area contributed by atoms with Crippen molar-refractivity contribution >= 4 is 28.9 Å². The molecular weight excluding hydrogens is 286 g/mol. The average Bonchev–Trinajstić information content (AvgIpc) is 2.53. The highest BCUT2D eigenvalue weighted by atomic mass is 32.1. The van der Waals surface area contributed by atoms with Crippen LogP contribution in [0.4, 0.5) is 0 Å². The standard InChI is InChI=1S/C15H18N3O2S/c16-9-13(19)18-8-2-1-3-12(18)14(20)10-4-6-11(7-5-10)15(17)21/h1,4-7,12H,2-3,8-9,16H2,(H2,17,21). The van der Waals surface area contributed by atoms with E-state index in [2.05, 4.69) is 0 Å². The summed E-state index contributed by atoms with van der Waals surface area (Å²) in [7, 11) is 0. The van der Waals surface area contributed by atoms with E-state index >= 15 is 0 Å². The largest absolute Gasteiger partial charge is 0.389 e. The molecule has 0 aromatic heterocycles. The molecule has 4 N–H and O–H groups in total. The highest BCUT2D eigenvalue weighted by Gasteiger charge is 2.31. The molecule has 1 radical (unpaired) electrons. The molecular formula is C15H18N3O2S. The maximum atomic E-state index is 12.6. The molecule has 1 fully saturated rings. The minimum absolute atomic E-state index is 0.0792. The quantitative estimate of drug-likeness (QED) is 0.630. The van der Waals surface area contributed by atoms with Crippen LogP contribution in [0.25, 0.3) is 0 Å². The predicted molar refractivity (Wildman–Crippen MR) is 84.7 cm³/mol.